The largest absolute Gasteiger partial charge is 0.459 e. The molecule has 2 aromatic rings. The molecule has 1 aromatic heterocycles. The standard InChI is InChI=1S/C19H20FNO3S/c1-11(2)24-19(23)17-12(3)13(4)25-18(17)21-16(22)10-7-14-5-8-15(20)9-6-14/h5-11H,1-4H3,(H,21,22). The molecule has 4 nitrogen and oxygen atoms in total. The van der Waals surface area contributed by atoms with E-state index in [9.17, 15) is 14.0 Å². The highest BCUT2D eigenvalue weighted by Crippen LogP contribution is 2.33. The van der Waals surface area contributed by atoms with E-state index in [0.717, 1.165) is 10.4 Å². The zero-order valence-electron chi connectivity index (χ0n) is 14.6. The maximum atomic E-state index is 12.9. The minimum Gasteiger partial charge on any atom is -0.459 e. The number of thiophene rings is 1. The lowest BCUT2D eigenvalue weighted by molar-refractivity contribution is -0.111. The Morgan fingerprint density at radius 2 is 1.84 bits per heavy atom. The van der Waals surface area contributed by atoms with Crippen LogP contribution in [0.3, 0.4) is 0 Å². The first-order chi connectivity index (χ1) is 11.8. The number of benzene rings is 1. The summed E-state index contributed by atoms with van der Waals surface area (Å²) in [4.78, 5) is 25.4. The second kappa shape index (κ2) is 8.07. The van der Waals surface area contributed by atoms with Gasteiger partial charge in [-0.05, 0) is 57.0 Å². The Bertz CT molecular complexity index is 807. The van der Waals surface area contributed by atoms with Crippen molar-refractivity contribution < 1.29 is 18.7 Å². The summed E-state index contributed by atoms with van der Waals surface area (Å²) >= 11 is 1.33. The highest BCUT2D eigenvalue weighted by atomic mass is 32.1. The number of amides is 1. The SMILES string of the molecule is Cc1sc(NC(=O)C=Cc2ccc(F)cc2)c(C(=O)OC(C)C)c1C. The Kier molecular flexibility index (Phi) is 6.09. The van der Waals surface area contributed by atoms with E-state index in [1.54, 1.807) is 32.1 Å². The third kappa shape index (κ3) is 5.00. The van der Waals surface area contributed by atoms with E-state index < -0.39 is 5.97 Å². The topological polar surface area (TPSA) is 55.4 Å². The minimum atomic E-state index is -0.449. The maximum absolute atomic E-state index is 12.9. The first-order valence-electron chi connectivity index (χ1n) is 7.83. The number of halogens is 1. The van der Waals surface area contributed by atoms with E-state index in [2.05, 4.69) is 5.32 Å². The predicted molar refractivity (Wildman–Crippen MR) is 98.4 cm³/mol. The first-order valence-corrected chi connectivity index (χ1v) is 8.65. The Morgan fingerprint density at radius 1 is 1.20 bits per heavy atom. The van der Waals surface area contributed by atoms with Crippen LogP contribution in [-0.4, -0.2) is 18.0 Å². The molecule has 0 saturated carbocycles. The summed E-state index contributed by atoms with van der Waals surface area (Å²) in [6.07, 6.45) is 2.68. The first kappa shape index (κ1) is 18.9. The van der Waals surface area contributed by atoms with Crippen molar-refractivity contribution in [2.45, 2.75) is 33.8 Å². The monoisotopic (exact) mass is 361 g/mol. The molecule has 1 amide bonds. The van der Waals surface area contributed by atoms with Crippen molar-refractivity contribution in [2.75, 3.05) is 5.32 Å². The van der Waals surface area contributed by atoms with Crippen molar-refractivity contribution in [3.05, 3.63) is 57.7 Å². The Hall–Kier alpha value is -2.47. The molecule has 0 saturated heterocycles. The average Bonchev–Trinajstić information content (AvgIpc) is 2.80. The van der Waals surface area contributed by atoms with E-state index >= 15 is 0 Å². The summed E-state index contributed by atoms with van der Waals surface area (Å²) in [7, 11) is 0. The molecule has 25 heavy (non-hydrogen) atoms. The number of aryl methyl sites for hydroxylation is 1. The molecule has 0 aliphatic carbocycles. The molecule has 1 heterocycles. The van der Waals surface area contributed by atoms with Gasteiger partial charge in [-0.3, -0.25) is 4.79 Å². The van der Waals surface area contributed by atoms with Gasteiger partial charge in [-0.2, -0.15) is 0 Å². The molecular weight excluding hydrogens is 341 g/mol. The number of hydrogen-bond donors (Lipinski definition) is 1. The molecule has 1 N–H and O–H groups in total. The third-order valence-electron chi connectivity index (χ3n) is 3.47. The van der Waals surface area contributed by atoms with Gasteiger partial charge in [-0.1, -0.05) is 12.1 Å². The quantitative estimate of drug-likeness (QED) is 0.619. The molecule has 0 aliphatic rings. The van der Waals surface area contributed by atoms with Gasteiger partial charge in [0.25, 0.3) is 0 Å². The molecule has 0 atom stereocenters. The number of anilines is 1. The van der Waals surface area contributed by atoms with E-state index in [-0.39, 0.29) is 17.8 Å². The molecule has 0 fully saturated rings. The van der Waals surface area contributed by atoms with Gasteiger partial charge in [-0.15, -0.1) is 11.3 Å². The van der Waals surface area contributed by atoms with Crippen LogP contribution in [0, 0.1) is 19.7 Å². The predicted octanol–water partition coefficient (Wildman–Crippen LogP) is 4.72. The molecule has 1 aromatic carbocycles. The number of nitrogens with one attached hydrogen (secondary N) is 1. The Labute approximate surface area is 150 Å². The summed E-state index contributed by atoms with van der Waals surface area (Å²) < 4.78 is 18.1. The van der Waals surface area contributed by atoms with Crippen LogP contribution in [0.4, 0.5) is 9.39 Å². The van der Waals surface area contributed by atoms with Crippen molar-refractivity contribution in [1.29, 1.82) is 0 Å². The molecular formula is C19H20FNO3S. The van der Waals surface area contributed by atoms with Crippen LogP contribution in [0.1, 0.15) is 40.2 Å². The molecule has 0 aliphatic heterocycles. The van der Waals surface area contributed by atoms with Crippen LogP contribution in [0.25, 0.3) is 6.08 Å². The van der Waals surface area contributed by atoms with Crippen LogP contribution in [0.15, 0.2) is 30.3 Å². The molecule has 2 rings (SSSR count). The van der Waals surface area contributed by atoms with E-state index in [1.807, 2.05) is 13.8 Å². The number of carbonyl (C=O) groups excluding carboxylic acids is 2. The Morgan fingerprint density at radius 3 is 2.44 bits per heavy atom. The number of hydrogen-bond acceptors (Lipinski definition) is 4. The number of rotatable bonds is 5. The lowest BCUT2D eigenvalue weighted by Crippen LogP contribution is -2.15. The molecule has 0 unspecified atom stereocenters. The molecule has 0 bridgehead atoms. The zero-order chi connectivity index (χ0) is 18.6. The van der Waals surface area contributed by atoms with Gasteiger partial charge in [-0.25, -0.2) is 9.18 Å². The number of carbonyl (C=O) groups is 2. The van der Waals surface area contributed by atoms with Gasteiger partial charge in [0.2, 0.25) is 5.91 Å². The summed E-state index contributed by atoms with van der Waals surface area (Å²) in [6, 6.07) is 5.79. The van der Waals surface area contributed by atoms with Crippen LogP contribution in [0.5, 0.6) is 0 Å². The minimum absolute atomic E-state index is 0.242. The van der Waals surface area contributed by atoms with Crippen molar-refractivity contribution in [2.24, 2.45) is 0 Å². The van der Waals surface area contributed by atoms with Gasteiger partial charge in [0, 0.05) is 11.0 Å². The van der Waals surface area contributed by atoms with E-state index in [0.29, 0.717) is 16.1 Å². The van der Waals surface area contributed by atoms with Gasteiger partial charge < -0.3 is 10.1 Å². The van der Waals surface area contributed by atoms with Crippen molar-refractivity contribution in [1.82, 2.24) is 0 Å². The van der Waals surface area contributed by atoms with Gasteiger partial charge in [0.15, 0.2) is 0 Å². The van der Waals surface area contributed by atoms with Crippen molar-refractivity contribution in [3.63, 3.8) is 0 Å². The smallest absolute Gasteiger partial charge is 0.341 e. The van der Waals surface area contributed by atoms with E-state index in [1.165, 1.54) is 29.5 Å². The van der Waals surface area contributed by atoms with Crippen molar-refractivity contribution in [3.8, 4) is 0 Å². The highest BCUT2D eigenvalue weighted by molar-refractivity contribution is 7.16. The third-order valence-corrected chi connectivity index (χ3v) is 4.59. The number of esters is 1. The molecule has 132 valence electrons. The maximum Gasteiger partial charge on any atom is 0.341 e. The van der Waals surface area contributed by atoms with Gasteiger partial charge >= 0.3 is 5.97 Å². The second-order valence-corrected chi connectivity index (χ2v) is 7.04. The summed E-state index contributed by atoms with van der Waals surface area (Å²) in [6.45, 7) is 7.26. The zero-order valence-corrected chi connectivity index (χ0v) is 15.4. The van der Waals surface area contributed by atoms with Crippen LogP contribution >= 0.6 is 11.3 Å². The molecule has 6 heteroatoms. The normalized spacial score (nSPS) is 11.1. The van der Waals surface area contributed by atoms with E-state index in [4.69, 9.17) is 4.74 Å². The van der Waals surface area contributed by atoms with Crippen LogP contribution in [0.2, 0.25) is 0 Å². The second-order valence-electron chi connectivity index (χ2n) is 5.82. The fourth-order valence-electron chi connectivity index (χ4n) is 2.13. The summed E-state index contributed by atoms with van der Waals surface area (Å²) in [5.41, 5.74) is 1.89. The number of ether oxygens (including phenoxy) is 1. The lowest BCUT2D eigenvalue weighted by atomic mass is 10.1. The molecule has 0 radical (unpaired) electrons. The highest BCUT2D eigenvalue weighted by Gasteiger charge is 2.22. The molecule has 0 spiro atoms. The van der Waals surface area contributed by atoms with Gasteiger partial charge in [0.05, 0.1) is 11.7 Å². The summed E-state index contributed by atoms with van der Waals surface area (Å²) in [5.74, 6) is -1.15. The Balaban J connectivity index is 2.16. The summed E-state index contributed by atoms with van der Waals surface area (Å²) in [5, 5.41) is 3.19. The average molecular weight is 361 g/mol. The van der Waals surface area contributed by atoms with Gasteiger partial charge in [0.1, 0.15) is 10.8 Å². The van der Waals surface area contributed by atoms with Crippen LogP contribution < -0.4 is 5.32 Å². The fourth-order valence-corrected chi connectivity index (χ4v) is 3.18. The van der Waals surface area contributed by atoms with Crippen LogP contribution in [-0.2, 0) is 9.53 Å². The lowest BCUT2D eigenvalue weighted by Gasteiger charge is -2.09. The van der Waals surface area contributed by atoms with Crippen molar-refractivity contribution >= 4 is 34.3 Å². The fraction of sp³-hybridized carbons (Fsp3) is 0.263.